The standard InChI is InChI=1S/C17H25N3O/c1-3-20-5-4-19(2)16(20)15(21)18-17-9-12-6-13(10-17)8-14(7-12)11-17/h4-5,12-14H,3,6-11H2,1-2H3. The normalized spacial score (nSPS) is 38.2. The molecule has 0 N–H and O–H groups in total. The SMILES string of the molecule is CCn1cc[n+](C)c1C([O-])=NC12CC3CC(CC(C3)C1)C2. The highest BCUT2D eigenvalue weighted by Crippen LogP contribution is 2.57. The summed E-state index contributed by atoms with van der Waals surface area (Å²) in [6.07, 6.45) is 11.6. The molecule has 0 saturated heterocycles. The van der Waals surface area contributed by atoms with Crippen molar-refractivity contribution >= 4 is 5.90 Å². The average Bonchev–Trinajstić information content (AvgIpc) is 2.77. The van der Waals surface area contributed by atoms with Gasteiger partial charge in [-0.05, 0) is 63.2 Å². The summed E-state index contributed by atoms with van der Waals surface area (Å²) >= 11 is 0. The largest absolute Gasteiger partial charge is 0.853 e. The lowest BCUT2D eigenvalue weighted by Gasteiger charge is -2.55. The third kappa shape index (κ3) is 2.11. The zero-order valence-electron chi connectivity index (χ0n) is 13.1. The molecule has 4 bridgehead atoms. The minimum atomic E-state index is -0.0261. The third-order valence-corrected chi connectivity index (χ3v) is 5.95. The second-order valence-electron chi connectivity index (χ2n) is 7.58. The minimum absolute atomic E-state index is 0.00806. The quantitative estimate of drug-likeness (QED) is 0.471. The Morgan fingerprint density at radius 3 is 2.38 bits per heavy atom. The molecule has 4 nitrogen and oxygen atoms in total. The number of imidazole rings is 1. The monoisotopic (exact) mass is 287 g/mol. The minimum Gasteiger partial charge on any atom is -0.853 e. The van der Waals surface area contributed by atoms with Gasteiger partial charge in [-0.3, -0.25) is 4.99 Å². The lowest BCUT2D eigenvalue weighted by atomic mass is 9.53. The van der Waals surface area contributed by atoms with Gasteiger partial charge in [-0.15, -0.1) is 0 Å². The highest BCUT2D eigenvalue weighted by Gasteiger charge is 2.51. The summed E-state index contributed by atoms with van der Waals surface area (Å²) in [5.41, 5.74) is -0.0261. The Labute approximate surface area is 126 Å². The maximum Gasteiger partial charge on any atom is 0.291 e. The van der Waals surface area contributed by atoms with Crippen molar-refractivity contribution in [1.82, 2.24) is 4.57 Å². The first-order valence-electron chi connectivity index (χ1n) is 8.40. The Morgan fingerprint density at radius 2 is 1.86 bits per heavy atom. The van der Waals surface area contributed by atoms with Gasteiger partial charge in [0.25, 0.3) is 5.82 Å². The van der Waals surface area contributed by atoms with Crippen LogP contribution >= 0.6 is 0 Å². The van der Waals surface area contributed by atoms with Crippen molar-refractivity contribution < 1.29 is 9.67 Å². The summed E-state index contributed by atoms with van der Waals surface area (Å²) in [7, 11) is 1.94. The van der Waals surface area contributed by atoms with Crippen molar-refractivity contribution in [2.24, 2.45) is 29.8 Å². The molecule has 1 aromatic rings. The second-order valence-corrected chi connectivity index (χ2v) is 7.58. The number of aromatic nitrogens is 2. The first kappa shape index (κ1) is 13.4. The summed E-state index contributed by atoms with van der Waals surface area (Å²) in [6.45, 7) is 2.89. The molecule has 0 unspecified atom stereocenters. The van der Waals surface area contributed by atoms with Crippen LogP contribution in [-0.2, 0) is 13.6 Å². The van der Waals surface area contributed by atoms with Crippen LogP contribution in [-0.4, -0.2) is 16.0 Å². The Bertz CT molecular complexity index is 552. The molecule has 0 amide bonds. The number of aliphatic imine (C=N–C) groups is 1. The number of nitrogens with zero attached hydrogens (tertiary/aromatic N) is 3. The number of aryl methyl sites for hydroxylation is 2. The average molecular weight is 287 g/mol. The lowest BCUT2D eigenvalue weighted by molar-refractivity contribution is -0.674. The van der Waals surface area contributed by atoms with Crippen molar-refractivity contribution in [3.63, 3.8) is 0 Å². The molecule has 4 fully saturated rings. The molecule has 4 aliphatic carbocycles. The van der Waals surface area contributed by atoms with Crippen LogP contribution in [0.5, 0.6) is 0 Å². The third-order valence-electron chi connectivity index (χ3n) is 5.95. The van der Waals surface area contributed by atoms with E-state index in [0.29, 0.717) is 0 Å². The van der Waals surface area contributed by atoms with E-state index in [1.54, 1.807) is 0 Å². The van der Waals surface area contributed by atoms with Crippen LogP contribution in [0.1, 0.15) is 51.3 Å². The molecule has 4 heteroatoms. The van der Waals surface area contributed by atoms with Gasteiger partial charge >= 0.3 is 0 Å². The molecule has 114 valence electrons. The van der Waals surface area contributed by atoms with Crippen molar-refractivity contribution in [2.45, 2.75) is 57.5 Å². The van der Waals surface area contributed by atoms with E-state index in [2.05, 4.69) is 6.92 Å². The Kier molecular flexibility index (Phi) is 2.92. The zero-order chi connectivity index (χ0) is 14.6. The molecule has 4 saturated carbocycles. The van der Waals surface area contributed by atoms with Gasteiger partial charge in [0.05, 0.1) is 25.0 Å². The van der Waals surface area contributed by atoms with Gasteiger partial charge in [-0.25, -0.2) is 9.13 Å². The second kappa shape index (κ2) is 4.59. The fourth-order valence-corrected chi connectivity index (χ4v) is 5.52. The van der Waals surface area contributed by atoms with Gasteiger partial charge in [-0.2, -0.15) is 0 Å². The van der Waals surface area contributed by atoms with Gasteiger partial charge < -0.3 is 5.11 Å². The lowest BCUT2D eigenvalue weighted by Crippen LogP contribution is -2.51. The predicted octanol–water partition coefficient (Wildman–Crippen LogP) is 1.41. The molecule has 5 rings (SSSR count). The first-order chi connectivity index (χ1) is 10.1. The molecule has 0 aromatic carbocycles. The molecule has 0 radical (unpaired) electrons. The highest BCUT2D eigenvalue weighted by molar-refractivity contribution is 5.85. The topological polar surface area (TPSA) is 44.2 Å². The Morgan fingerprint density at radius 1 is 1.29 bits per heavy atom. The molecule has 21 heavy (non-hydrogen) atoms. The summed E-state index contributed by atoms with van der Waals surface area (Å²) < 4.78 is 3.92. The van der Waals surface area contributed by atoms with Gasteiger partial charge in [-0.1, -0.05) is 0 Å². The summed E-state index contributed by atoms with van der Waals surface area (Å²) in [5.74, 6) is 3.22. The summed E-state index contributed by atoms with van der Waals surface area (Å²) in [5, 5.41) is 12.8. The molecular formula is C17H25N3O. The first-order valence-corrected chi connectivity index (χ1v) is 8.40. The number of hydrogen-bond donors (Lipinski definition) is 0. The Balaban J connectivity index is 1.69. The van der Waals surface area contributed by atoms with Crippen LogP contribution in [0.3, 0.4) is 0 Å². The smallest absolute Gasteiger partial charge is 0.291 e. The maximum atomic E-state index is 12.8. The van der Waals surface area contributed by atoms with E-state index in [4.69, 9.17) is 4.99 Å². The van der Waals surface area contributed by atoms with Crippen LogP contribution in [0.25, 0.3) is 0 Å². The van der Waals surface area contributed by atoms with Crippen LogP contribution in [0.15, 0.2) is 17.4 Å². The number of rotatable bonds is 3. The van der Waals surface area contributed by atoms with Gasteiger partial charge in [0.1, 0.15) is 12.4 Å². The van der Waals surface area contributed by atoms with E-state index in [1.165, 1.54) is 19.3 Å². The summed E-state index contributed by atoms with van der Waals surface area (Å²) in [4.78, 5) is 4.80. The van der Waals surface area contributed by atoms with E-state index >= 15 is 0 Å². The van der Waals surface area contributed by atoms with E-state index < -0.39 is 0 Å². The van der Waals surface area contributed by atoms with Crippen LogP contribution in [0, 0.1) is 17.8 Å². The predicted molar refractivity (Wildman–Crippen MR) is 78.7 cm³/mol. The Hall–Kier alpha value is -1.32. The fraction of sp³-hybridized carbons (Fsp3) is 0.765. The van der Waals surface area contributed by atoms with Crippen molar-refractivity contribution in [3.8, 4) is 0 Å². The van der Waals surface area contributed by atoms with Crippen LogP contribution in [0.2, 0.25) is 0 Å². The molecule has 0 aliphatic heterocycles. The van der Waals surface area contributed by atoms with Crippen LogP contribution in [0.4, 0.5) is 0 Å². The molecular weight excluding hydrogens is 262 g/mol. The molecule has 0 spiro atoms. The van der Waals surface area contributed by atoms with E-state index in [0.717, 1.165) is 49.4 Å². The summed E-state index contributed by atoms with van der Waals surface area (Å²) in [6, 6.07) is 0. The van der Waals surface area contributed by atoms with E-state index in [1.807, 2.05) is 28.6 Å². The highest BCUT2D eigenvalue weighted by atomic mass is 16.3. The molecule has 1 aromatic heterocycles. The van der Waals surface area contributed by atoms with Gasteiger partial charge in [0, 0.05) is 0 Å². The van der Waals surface area contributed by atoms with Gasteiger partial charge in [0.2, 0.25) is 0 Å². The molecule has 1 heterocycles. The van der Waals surface area contributed by atoms with E-state index in [-0.39, 0.29) is 11.4 Å². The van der Waals surface area contributed by atoms with Crippen molar-refractivity contribution in [1.29, 1.82) is 0 Å². The molecule has 0 atom stereocenters. The van der Waals surface area contributed by atoms with Crippen molar-refractivity contribution in [2.75, 3.05) is 0 Å². The van der Waals surface area contributed by atoms with Crippen LogP contribution < -0.4 is 9.67 Å². The maximum absolute atomic E-state index is 12.8. The fourth-order valence-electron chi connectivity index (χ4n) is 5.52. The zero-order valence-corrected chi connectivity index (χ0v) is 13.1. The van der Waals surface area contributed by atoms with Crippen molar-refractivity contribution in [3.05, 3.63) is 18.2 Å². The van der Waals surface area contributed by atoms with E-state index in [9.17, 15) is 5.11 Å². The number of hydrogen-bond acceptors (Lipinski definition) is 2. The van der Waals surface area contributed by atoms with Gasteiger partial charge in [0.15, 0.2) is 0 Å². The molecule has 4 aliphatic rings.